The Hall–Kier alpha value is -1.05. The Labute approximate surface area is 190 Å². The number of hydrogen-bond donors (Lipinski definition) is 1. The Morgan fingerprint density at radius 1 is 0.929 bits per heavy atom. The van der Waals surface area contributed by atoms with E-state index in [0.717, 1.165) is 19.3 Å². The molecule has 1 N–H and O–H groups in total. The molecule has 7 heteroatoms. The van der Waals surface area contributed by atoms with Gasteiger partial charge in [-0.1, -0.05) is 81.5 Å². The van der Waals surface area contributed by atoms with Crippen LogP contribution in [-0.2, 0) is 16.5 Å². The zero-order chi connectivity index (χ0) is 19.7. The topological polar surface area (TPSA) is 86.7 Å². The first-order chi connectivity index (χ1) is 12.9. The summed E-state index contributed by atoms with van der Waals surface area (Å²) < 4.78 is 38.7. The van der Waals surface area contributed by atoms with Crippen LogP contribution >= 0.6 is 0 Å². The summed E-state index contributed by atoms with van der Waals surface area (Å²) >= 11 is 0. The number of hydrogen-bond acceptors (Lipinski definition) is 4. The smallest absolute Gasteiger partial charge is 0.870 e. The maximum atomic E-state index is 11.9. The first-order valence-corrected chi connectivity index (χ1v) is 10.9. The predicted molar refractivity (Wildman–Crippen MR) is 104 cm³/mol. The molecule has 0 amide bonds. The summed E-state index contributed by atoms with van der Waals surface area (Å²) in [6.45, 7) is 2.18. The molecule has 5 nitrogen and oxygen atoms in total. The summed E-state index contributed by atoms with van der Waals surface area (Å²) in [6.07, 6.45) is 8.58. The standard InChI is InChI=1S/C21H28O5S.Na/c1-2-3-4-5-6-7-8-12-17-13-11-16-20(27(23,24)25)21(17)26-19-15-10-9-14-18(19)22;/h9-11,13-16,22H,2-8,12H2,1H3,(H,23,24,25);/q;+1/p-1. The molecule has 0 unspecified atom stereocenters. The van der Waals surface area contributed by atoms with E-state index >= 15 is 0 Å². The third-order valence-corrected chi connectivity index (χ3v) is 5.33. The van der Waals surface area contributed by atoms with Gasteiger partial charge in [0.15, 0.2) is 5.75 Å². The molecule has 2 aromatic rings. The van der Waals surface area contributed by atoms with Crippen LogP contribution in [0.4, 0.5) is 0 Å². The quantitative estimate of drug-likeness (QED) is 0.346. The Kier molecular flexibility index (Phi) is 11.2. The van der Waals surface area contributed by atoms with Gasteiger partial charge >= 0.3 is 29.6 Å². The summed E-state index contributed by atoms with van der Waals surface area (Å²) in [5.74, 6) is -0.270. The van der Waals surface area contributed by atoms with E-state index in [1.807, 2.05) is 0 Å². The first kappa shape index (κ1) is 25.0. The van der Waals surface area contributed by atoms with E-state index in [1.54, 1.807) is 24.3 Å². The molecular weight excluding hydrogens is 387 g/mol. The maximum Gasteiger partial charge on any atom is 1.00 e. The molecule has 0 bridgehead atoms. The van der Waals surface area contributed by atoms with Crippen molar-refractivity contribution < 1.29 is 52.4 Å². The normalized spacial score (nSPS) is 11.1. The number of ether oxygens (including phenoxy) is 1. The average molecular weight is 414 g/mol. The second-order valence-corrected chi connectivity index (χ2v) is 8.03. The molecule has 0 aliphatic rings. The van der Waals surface area contributed by atoms with E-state index in [4.69, 9.17) is 4.74 Å². The van der Waals surface area contributed by atoms with E-state index in [2.05, 4.69) is 6.92 Å². The summed E-state index contributed by atoms with van der Waals surface area (Å²) in [7, 11) is -4.46. The third kappa shape index (κ3) is 7.76. The van der Waals surface area contributed by atoms with Gasteiger partial charge in [0.05, 0.1) is 0 Å². The van der Waals surface area contributed by atoms with Gasteiger partial charge in [0.2, 0.25) is 0 Å². The molecule has 0 aliphatic heterocycles. The van der Waals surface area contributed by atoms with Gasteiger partial charge in [-0.25, -0.2) is 0 Å². The molecule has 28 heavy (non-hydrogen) atoms. The van der Waals surface area contributed by atoms with E-state index in [1.165, 1.54) is 43.9 Å². The molecule has 0 aromatic heterocycles. The van der Waals surface area contributed by atoms with Crippen molar-refractivity contribution in [3.63, 3.8) is 0 Å². The zero-order valence-electron chi connectivity index (χ0n) is 16.7. The average Bonchev–Trinajstić information content (AvgIpc) is 2.63. The zero-order valence-corrected chi connectivity index (χ0v) is 19.5. The summed E-state index contributed by atoms with van der Waals surface area (Å²) in [4.78, 5) is -0.314. The van der Waals surface area contributed by atoms with Crippen LogP contribution in [0, 0.1) is 0 Å². The number of unbranched alkanes of at least 4 members (excludes halogenated alkanes) is 6. The van der Waals surface area contributed by atoms with E-state index in [9.17, 15) is 18.1 Å². The Balaban J connectivity index is 0.00000392. The van der Waals surface area contributed by atoms with Crippen LogP contribution in [0.2, 0.25) is 0 Å². The van der Waals surface area contributed by atoms with Gasteiger partial charge in [-0.2, -0.15) is 8.42 Å². The van der Waals surface area contributed by atoms with Crippen molar-refractivity contribution in [1.29, 1.82) is 0 Å². The predicted octanol–water partition coefficient (Wildman–Crippen LogP) is 2.10. The van der Waals surface area contributed by atoms with Crippen molar-refractivity contribution in [2.75, 3.05) is 0 Å². The van der Waals surface area contributed by atoms with Crippen molar-refractivity contribution in [3.8, 4) is 17.2 Å². The van der Waals surface area contributed by atoms with Gasteiger partial charge in [-0.15, -0.1) is 0 Å². The fraction of sp³-hybridized carbons (Fsp3) is 0.429. The maximum absolute atomic E-state index is 11.9. The first-order valence-electron chi connectivity index (χ1n) is 9.46. The fourth-order valence-corrected chi connectivity index (χ4v) is 3.65. The molecule has 0 radical (unpaired) electrons. The van der Waals surface area contributed by atoms with Crippen LogP contribution in [0.25, 0.3) is 0 Å². The molecule has 0 heterocycles. The van der Waals surface area contributed by atoms with Crippen molar-refractivity contribution in [3.05, 3.63) is 48.0 Å². The molecular formula is C21H27NaO5S. The molecule has 0 saturated heterocycles. The number of benzene rings is 2. The van der Waals surface area contributed by atoms with Crippen LogP contribution in [0.1, 0.15) is 57.4 Å². The fourth-order valence-electron chi connectivity index (χ4n) is 2.99. The SMILES string of the molecule is CCCCCCCCCc1cccc(S(=O)(=O)O)c1Oc1ccccc1[O-].[Na+]. The summed E-state index contributed by atoms with van der Waals surface area (Å²) in [5.41, 5.74) is 0.668. The molecule has 0 aliphatic carbocycles. The minimum absolute atomic E-state index is 0. The van der Waals surface area contributed by atoms with Gasteiger partial charge < -0.3 is 9.84 Å². The van der Waals surface area contributed by atoms with E-state index in [0.29, 0.717) is 12.0 Å². The molecule has 0 saturated carbocycles. The summed E-state index contributed by atoms with van der Waals surface area (Å²) in [5, 5.41) is 11.9. The van der Waals surface area contributed by atoms with Gasteiger partial charge in [0.25, 0.3) is 10.1 Å². The van der Waals surface area contributed by atoms with E-state index < -0.39 is 10.1 Å². The monoisotopic (exact) mass is 414 g/mol. The van der Waals surface area contributed by atoms with Gasteiger partial charge in [0, 0.05) is 0 Å². The number of para-hydroxylation sites is 3. The van der Waals surface area contributed by atoms with Gasteiger partial charge in [-0.3, -0.25) is 4.55 Å². The van der Waals surface area contributed by atoms with E-state index in [-0.39, 0.29) is 51.7 Å². The molecule has 0 fully saturated rings. The largest absolute Gasteiger partial charge is 1.00 e. The van der Waals surface area contributed by atoms with Crippen LogP contribution in [-0.4, -0.2) is 13.0 Å². The number of aryl methyl sites for hydroxylation is 1. The molecule has 2 rings (SSSR count). The Bertz CT molecular complexity index is 836. The number of rotatable bonds is 11. The molecule has 0 atom stereocenters. The van der Waals surface area contributed by atoms with Crippen LogP contribution in [0.5, 0.6) is 17.2 Å². The van der Waals surface area contributed by atoms with Crippen LogP contribution < -0.4 is 39.4 Å². The van der Waals surface area contributed by atoms with Crippen molar-refractivity contribution >= 4 is 10.1 Å². The Morgan fingerprint density at radius 2 is 1.57 bits per heavy atom. The second-order valence-electron chi connectivity index (χ2n) is 6.64. The van der Waals surface area contributed by atoms with Crippen molar-refractivity contribution in [1.82, 2.24) is 0 Å². The van der Waals surface area contributed by atoms with Crippen LogP contribution in [0.15, 0.2) is 47.4 Å². The van der Waals surface area contributed by atoms with Crippen LogP contribution in [0.3, 0.4) is 0 Å². The minimum Gasteiger partial charge on any atom is -0.870 e. The second kappa shape index (κ2) is 12.5. The third-order valence-electron chi connectivity index (χ3n) is 4.45. The van der Waals surface area contributed by atoms with Gasteiger partial charge in [0.1, 0.15) is 10.6 Å². The van der Waals surface area contributed by atoms with Crippen molar-refractivity contribution in [2.24, 2.45) is 0 Å². The minimum atomic E-state index is -4.46. The molecule has 2 aromatic carbocycles. The molecule has 0 spiro atoms. The van der Waals surface area contributed by atoms with Crippen molar-refractivity contribution in [2.45, 2.75) is 63.2 Å². The molecule has 148 valence electrons. The van der Waals surface area contributed by atoms with Gasteiger partial charge in [-0.05, 0) is 30.5 Å². The summed E-state index contributed by atoms with van der Waals surface area (Å²) in [6, 6.07) is 10.7. The Morgan fingerprint density at radius 3 is 2.21 bits per heavy atom.